The number of nitrogens with one attached hydrogen (secondary N) is 2. The summed E-state index contributed by atoms with van der Waals surface area (Å²) in [5, 5.41) is 6.97. The van der Waals surface area contributed by atoms with Gasteiger partial charge in [-0.25, -0.2) is 4.79 Å². The first-order chi connectivity index (χ1) is 10.1. The standard InChI is InChI=1S/C16H14Cl2N2O/c17-11-7-4-8-12(18)15(11)14-9-13(19-16(21)20-14)10-5-2-1-3-6-10/h1-8,13-14H,9H2,(H2,19,20,21). The smallest absolute Gasteiger partial charge is 0.315 e. The molecule has 21 heavy (non-hydrogen) atoms. The van der Waals surface area contributed by atoms with Gasteiger partial charge in [-0.3, -0.25) is 0 Å². The molecule has 0 aromatic heterocycles. The van der Waals surface area contributed by atoms with Crippen LogP contribution in [-0.4, -0.2) is 6.03 Å². The molecule has 1 aliphatic rings. The zero-order chi connectivity index (χ0) is 14.8. The van der Waals surface area contributed by atoms with Crippen LogP contribution in [-0.2, 0) is 0 Å². The summed E-state index contributed by atoms with van der Waals surface area (Å²) >= 11 is 12.5. The Bertz CT molecular complexity index is 640. The molecule has 3 rings (SSSR count). The van der Waals surface area contributed by atoms with E-state index in [2.05, 4.69) is 10.6 Å². The second-order valence-electron chi connectivity index (χ2n) is 5.00. The number of benzene rings is 2. The molecule has 2 N–H and O–H groups in total. The van der Waals surface area contributed by atoms with Crippen molar-refractivity contribution < 1.29 is 4.79 Å². The van der Waals surface area contributed by atoms with Gasteiger partial charge < -0.3 is 10.6 Å². The van der Waals surface area contributed by atoms with Crippen molar-refractivity contribution in [2.24, 2.45) is 0 Å². The molecule has 0 radical (unpaired) electrons. The summed E-state index contributed by atoms with van der Waals surface area (Å²) < 4.78 is 0. The molecule has 108 valence electrons. The van der Waals surface area contributed by atoms with Crippen LogP contribution in [0.15, 0.2) is 48.5 Å². The third-order valence-electron chi connectivity index (χ3n) is 3.63. The van der Waals surface area contributed by atoms with Crippen molar-refractivity contribution in [3.05, 3.63) is 69.7 Å². The molecular weight excluding hydrogens is 307 g/mol. The van der Waals surface area contributed by atoms with Crippen LogP contribution in [0.5, 0.6) is 0 Å². The molecule has 1 fully saturated rings. The normalized spacial score (nSPS) is 21.5. The summed E-state index contributed by atoms with van der Waals surface area (Å²) in [7, 11) is 0. The Morgan fingerprint density at radius 1 is 0.857 bits per heavy atom. The predicted molar refractivity (Wildman–Crippen MR) is 84.7 cm³/mol. The number of carbonyl (C=O) groups is 1. The lowest BCUT2D eigenvalue weighted by atomic mass is 9.93. The van der Waals surface area contributed by atoms with Crippen molar-refractivity contribution in [1.29, 1.82) is 0 Å². The number of carbonyl (C=O) groups excluding carboxylic acids is 1. The molecule has 3 nitrogen and oxygen atoms in total. The van der Waals surface area contributed by atoms with Gasteiger partial charge in [0.15, 0.2) is 0 Å². The van der Waals surface area contributed by atoms with Crippen LogP contribution in [0.2, 0.25) is 10.0 Å². The van der Waals surface area contributed by atoms with Crippen molar-refractivity contribution >= 4 is 29.2 Å². The lowest BCUT2D eigenvalue weighted by Gasteiger charge is -2.32. The fourth-order valence-electron chi connectivity index (χ4n) is 2.65. The second-order valence-corrected chi connectivity index (χ2v) is 5.82. The first-order valence-electron chi connectivity index (χ1n) is 6.71. The number of rotatable bonds is 2. The Labute approximate surface area is 133 Å². The summed E-state index contributed by atoms with van der Waals surface area (Å²) in [5.41, 5.74) is 1.84. The van der Waals surface area contributed by atoms with Gasteiger partial charge >= 0.3 is 6.03 Å². The first-order valence-corrected chi connectivity index (χ1v) is 7.46. The molecule has 0 saturated carbocycles. The summed E-state index contributed by atoms with van der Waals surface area (Å²) in [6.45, 7) is 0. The van der Waals surface area contributed by atoms with Crippen molar-refractivity contribution in [2.45, 2.75) is 18.5 Å². The minimum atomic E-state index is -0.212. The molecule has 1 saturated heterocycles. The topological polar surface area (TPSA) is 41.1 Å². The van der Waals surface area contributed by atoms with E-state index in [4.69, 9.17) is 23.2 Å². The van der Waals surface area contributed by atoms with Gasteiger partial charge in [0.1, 0.15) is 0 Å². The molecular formula is C16H14Cl2N2O. The number of urea groups is 1. The van der Waals surface area contributed by atoms with E-state index < -0.39 is 0 Å². The van der Waals surface area contributed by atoms with Crippen molar-refractivity contribution in [2.75, 3.05) is 0 Å². The Kier molecular flexibility index (Phi) is 4.04. The first kappa shape index (κ1) is 14.2. The molecule has 2 aromatic carbocycles. The van der Waals surface area contributed by atoms with Gasteiger partial charge in [-0.05, 0) is 24.1 Å². The van der Waals surface area contributed by atoms with E-state index >= 15 is 0 Å². The highest BCUT2D eigenvalue weighted by Crippen LogP contribution is 2.36. The van der Waals surface area contributed by atoms with Gasteiger partial charge in [0.2, 0.25) is 0 Å². The van der Waals surface area contributed by atoms with Crippen LogP contribution in [0.4, 0.5) is 4.79 Å². The molecule has 2 aromatic rings. The van der Waals surface area contributed by atoms with Crippen LogP contribution >= 0.6 is 23.2 Å². The Balaban J connectivity index is 1.92. The van der Waals surface area contributed by atoms with Crippen molar-refractivity contribution in [1.82, 2.24) is 10.6 Å². The summed E-state index contributed by atoms with van der Waals surface area (Å²) in [4.78, 5) is 11.9. The van der Waals surface area contributed by atoms with Crippen molar-refractivity contribution in [3.63, 3.8) is 0 Å². The Morgan fingerprint density at radius 2 is 1.48 bits per heavy atom. The lowest BCUT2D eigenvalue weighted by molar-refractivity contribution is 0.219. The SMILES string of the molecule is O=C1NC(c2ccccc2)CC(c2c(Cl)cccc2Cl)N1. The van der Waals surface area contributed by atoms with Gasteiger partial charge in [-0.15, -0.1) is 0 Å². The number of hydrogen-bond acceptors (Lipinski definition) is 1. The van der Waals surface area contributed by atoms with Gasteiger partial charge in [-0.1, -0.05) is 59.6 Å². The van der Waals surface area contributed by atoms with Crippen LogP contribution in [0.1, 0.15) is 29.6 Å². The maximum Gasteiger partial charge on any atom is 0.315 e. The third kappa shape index (κ3) is 2.99. The van der Waals surface area contributed by atoms with Gasteiger partial charge in [0.05, 0.1) is 12.1 Å². The highest BCUT2D eigenvalue weighted by molar-refractivity contribution is 6.36. The Morgan fingerprint density at radius 3 is 2.14 bits per heavy atom. The van der Waals surface area contributed by atoms with Crippen LogP contribution in [0, 0.1) is 0 Å². The van der Waals surface area contributed by atoms with E-state index in [1.807, 2.05) is 30.3 Å². The van der Waals surface area contributed by atoms with Gasteiger partial charge in [0.25, 0.3) is 0 Å². The number of amides is 2. The molecule has 2 amide bonds. The van der Waals surface area contributed by atoms with E-state index in [1.165, 1.54) is 0 Å². The quantitative estimate of drug-likeness (QED) is 0.841. The molecule has 0 aliphatic carbocycles. The molecule has 2 unspecified atom stereocenters. The molecule has 0 bridgehead atoms. The fourth-order valence-corrected chi connectivity index (χ4v) is 3.31. The average Bonchev–Trinajstić information content (AvgIpc) is 2.47. The van der Waals surface area contributed by atoms with Gasteiger partial charge in [-0.2, -0.15) is 0 Å². The molecule has 1 heterocycles. The summed E-state index contributed by atoms with van der Waals surface area (Å²) in [6, 6.07) is 14.8. The summed E-state index contributed by atoms with van der Waals surface area (Å²) in [6.07, 6.45) is 0.694. The Hall–Kier alpha value is -1.71. The monoisotopic (exact) mass is 320 g/mol. The maximum atomic E-state index is 11.9. The largest absolute Gasteiger partial charge is 0.331 e. The molecule has 2 atom stereocenters. The van der Waals surface area contributed by atoms with Crippen LogP contribution in [0.25, 0.3) is 0 Å². The lowest BCUT2D eigenvalue weighted by Crippen LogP contribution is -2.46. The number of hydrogen-bond donors (Lipinski definition) is 2. The highest BCUT2D eigenvalue weighted by Gasteiger charge is 2.30. The van der Waals surface area contributed by atoms with E-state index in [9.17, 15) is 4.79 Å². The zero-order valence-corrected chi connectivity index (χ0v) is 12.7. The maximum absolute atomic E-state index is 11.9. The zero-order valence-electron chi connectivity index (χ0n) is 11.1. The van der Waals surface area contributed by atoms with Crippen molar-refractivity contribution in [3.8, 4) is 0 Å². The van der Waals surface area contributed by atoms with E-state index in [-0.39, 0.29) is 18.1 Å². The average molecular weight is 321 g/mol. The van der Waals surface area contributed by atoms with E-state index in [0.717, 1.165) is 11.1 Å². The van der Waals surface area contributed by atoms with E-state index in [1.54, 1.807) is 18.2 Å². The third-order valence-corrected chi connectivity index (χ3v) is 4.29. The minimum absolute atomic E-state index is 0.0581. The highest BCUT2D eigenvalue weighted by atomic mass is 35.5. The predicted octanol–water partition coefficient (Wildman–Crippen LogP) is 4.48. The van der Waals surface area contributed by atoms with Crippen LogP contribution in [0.3, 0.4) is 0 Å². The molecule has 5 heteroatoms. The minimum Gasteiger partial charge on any atom is -0.331 e. The van der Waals surface area contributed by atoms with Crippen LogP contribution < -0.4 is 10.6 Å². The van der Waals surface area contributed by atoms with E-state index in [0.29, 0.717) is 16.5 Å². The van der Waals surface area contributed by atoms with Gasteiger partial charge in [0, 0.05) is 15.6 Å². The summed E-state index contributed by atoms with van der Waals surface area (Å²) in [5.74, 6) is 0. The number of halogens is 2. The second kappa shape index (κ2) is 5.96. The fraction of sp³-hybridized carbons (Fsp3) is 0.188. The molecule has 1 aliphatic heterocycles. The molecule has 0 spiro atoms.